The van der Waals surface area contributed by atoms with Crippen LogP contribution in [-0.2, 0) is 20.8 Å². The molecule has 0 aromatic heterocycles. The highest BCUT2D eigenvalue weighted by Gasteiger charge is 2.23. The van der Waals surface area contributed by atoms with Crippen LogP contribution in [0.15, 0.2) is 42.5 Å². The Kier molecular flexibility index (Phi) is 7.04. The van der Waals surface area contributed by atoms with Gasteiger partial charge in [-0.15, -0.1) is 0 Å². The van der Waals surface area contributed by atoms with Gasteiger partial charge in [0.1, 0.15) is 6.04 Å². The van der Waals surface area contributed by atoms with Crippen molar-refractivity contribution < 1.29 is 24.6 Å². The first-order chi connectivity index (χ1) is 12.8. The second kappa shape index (κ2) is 9.25. The van der Waals surface area contributed by atoms with Crippen LogP contribution in [0.1, 0.15) is 12.0 Å². The molecule has 1 atom stereocenters. The summed E-state index contributed by atoms with van der Waals surface area (Å²) >= 11 is 12.3. The molecule has 7 nitrogen and oxygen atoms in total. The summed E-state index contributed by atoms with van der Waals surface area (Å²) in [4.78, 5) is 34.0. The molecule has 2 aromatic rings. The van der Waals surface area contributed by atoms with Gasteiger partial charge in [0.25, 0.3) is 0 Å². The molecule has 27 heavy (non-hydrogen) atoms. The number of carboxylic acids is 2. The lowest BCUT2D eigenvalue weighted by Crippen LogP contribution is -2.42. The molecular formula is C18H16Cl2N2O5. The van der Waals surface area contributed by atoms with Crippen LogP contribution >= 0.6 is 23.2 Å². The lowest BCUT2D eigenvalue weighted by atomic mass is 10.1. The number of rotatable bonds is 8. The third-order valence-electron chi connectivity index (χ3n) is 3.60. The van der Waals surface area contributed by atoms with Crippen LogP contribution in [-0.4, -0.2) is 34.1 Å². The molecule has 9 heteroatoms. The lowest BCUT2D eigenvalue weighted by Gasteiger charge is -2.16. The Morgan fingerprint density at radius 2 is 1.59 bits per heavy atom. The maximum absolute atomic E-state index is 12.2. The number of hydrogen-bond donors (Lipinski definition) is 4. The van der Waals surface area contributed by atoms with Crippen molar-refractivity contribution in [3.63, 3.8) is 0 Å². The van der Waals surface area contributed by atoms with E-state index in [-0.39, 0.29) is 6.42 Å². The molecular weight excluding hydrogens is 395 g/mol. The van der Waals surface area contributed by atoms with Crippen molar-refractivity contribution in [2.45, 2.75) is 18.9 Å². The summed E-state index contributed by atoms with van der Waals surface area (Å²) in [5.74, 6) is -3.36. The number of carbonyl (C=O) groups excluding carboxylic acids is 1. The van der Waals surface area contributed by atoms with Gasteiger partial charge in [0.2, 0.25) is 5.91 Å². The van der Waals surface area contributed by atoms with E-state index in [0.29, 0.717) is 27.0 Å². The van der Waals surface area contributed by atoms with Gasteiger partial charge in [0.05, 0.1) is 28.6 Å². The molecule has 0 radical (unpaired) electrons. The molecule has 0 spiro atoms. The lowest BCUT2D eigenvalue weighted by molar-refractivity contribution is -0.147. The van der Waals surface area contributed by atoms with Crippen molar-refractivity contribution in [3.8, 4) is 0 Å². The van der Waals surface area contributed by atoms with Gasteiger partial charge in [-0.2, -0.15) is 0 Å². The van der Waals surface area contributed by atoms with E-state index >= 15 is 0 Å². The fourth-order valence-electron chi connectivity index (χ4n) is 2.34. The van der Waals surface area contributed by atoms with E-state index in [9.17, 15) is 14.4 Å². The molecule has 2 aromatic carbocycles. The number of benzene rings is 2. The fourth-order valence-corrected chi connectivity index (χ4v) is 2.83. The number of amides is 1. The van der Waals surface area contributed by atoms with E-state index in [1.165, 1.54) is 0 Å². The summed E-state index contributed by atoms with van der Waals surface area (Å²) in [6.07, 6.45) is -0.870. The van der Waals surface area contributed by atoms with Crippen molar-refractivity contribution in [1.29, 1.82) is 0 Å². The topological polar surface area (TPSA) is 116 Å². The van der Waals surface area contributed by atoms with Crippen LogP contribution in [0.4, 0.5) is 11.4 Å². The molecule has 0 heterocycles. The van der Waals surface area contributed by atoms with Crippen molar-refractivity contribution in [3.05, 3.63) is 58.1 Å². The van der Waals surface area contributed by atoms with Gasteiger partial charge >= 0.3 is 11.9 Å². The van der Waals surface area contributed by atoms with Gasteiger partial charge in [-0.1, -0.05) is 47.5 Å². The smallest absolute Gasteiger partial charge is 0.326 e. The summed E-state index contributed by atoms with van der Waals surface area (Å²) in [7, 11) is 0. The average molecular weight is 411 g/mol. The average Bonchev–Trinajstić information content (AvgIpc) is 2.58. The second-order valence-electron chi connectivity index (χ2n) is 5.61. The Morgan fingerprint density at radius 1 is 0.963 bits per heavy atom. The maximum Gasteiger partial charge on any atom is 0.326 e. The molecule has 1 amide bonds. The minimum absolute atomic E-state index is 0.158. The first-order valence-electron chi connectivity index (χ1n) is 7.81. The highest BCUT2D eigenvalue weighted by atomic mass is 35.5. The zero-order valence-corrected chi connectivity index (χ0v) is 15.4. The third-order valence-corrected chi connectivity index (χ3v) is 4.23. The van der Waals surface area contributed by atoms with Crippen LogP contribution in [0.25, 0.3) is 0 Å². The molecule has 0 aliphatic carbocycles. The van der Waals surface area contributed by atoms with Crippen molar-refractivity contribution in [1.82, 2.24) is 5.32 Å². The molecule has 1 unspecified atom stereocenters. The first-order valence-corrected chi connectivity index (χ1v) is 8.56. The number of aliphatic carboxylic acids is 2. The first kappa shape index (κ1) is 20.5. The minimum atomic E-state index is -1.51. The fraction of sp³-hybridized carbons (Fsp3) is 0.167. The SMILES string of the molecule is O=C(O)CC(NC(=O)Cc1ccccc1Nc1c(Cl)cccc1Cl)C(=O)O. The Morgan fingerprint density at radius 3 is 2.19 bits per heavy atom. The number of halogens is 2. The van der Waals surface area contributed by atoms with Gasteiger partial charge in [0, 0.05) is 5.69 Å². The van der Waals surface area contributed by atoms with E-state index in [4.69, 9.17) is 33.4 Å². The number of carbonyl (C=O) groups is 3. The van der Waals surface area contributed by atoms with Gasteiger partial charge in [-0.05, 0) is 23.8 Å². The van der Waals surface area contributed by atoms with E-state index < -0.39 is 30.3 Å². The molecule has 0 fully saturated rings. The number of para-hydroxylation sites is 2. The largest absolute Gasteiger partial charge is 0.481 e. The minimum Gasteiger partial charge on any atom is -0.481 e. The highest BCUT2D eigenvalue weighted by molar-refractivity contribution is 6.39. The standard InChI is InChI=1S/C18H16Cl2N2O5/c19-11-5-3-6-12(20)17(11)22-13-7-2-1-4-10(13)8-15(23)21-14(18(26)27)9-16(24)25/h1-7,14,22H,8-9H2,(H,21,23)(H,24,25)(H,26,27). The Bertz CT molecular complexity index is 852. The summed E-state index contributed by atoms with van der Waals surface area (Å²) in [5.41, 5.74) is 1.60. The zero-order chi connectivity index (χ0) is 20.0. The van der Waals surface area contributed by atoms with Gasteiger partial charge < -0.3 is 20.8 Å². The molecule has 2 rings (SSSR count). The molecule has 0 saturated heterocycles. The van der Waals surface area contributed by atoms with Crippen LogP contribution in [0.2, 0.25) is 10.0 Å². The predicted molar refractivity (Wildman–Crippen MR) is 102 cm³/mol. The van der Waals surface area contributed by atoms with E-state index in [2.05, 4.69) is 10.6 Å². The predicted octanol–water partition coefficient (Wildman–Crippen LogP) is 3.32. The van der Waals surface area contributed by atoms with Crippen molar-refractivity contribution in [2.75, 3.05) is 5.32 Å². The molecule has 4 N–H and O–H groups in total. The van der Waals surface area contributed by atoms with Crippen molar-refractivity contribution >= 4 is 52.4 Å². The van der Waals surface area contributed by atoms with Crippen LogP contribution in [0, 0.1) is 0 Å². The number of nitrogens with one attached hydrogen (secondary N) is 2. The zero-order valence-electron chi connectivity index (χ0n) is 13.9. The summed E-state index contributed by atoms with van der Waals surface area (Å²) in [6, 6.07) is 10.4. The monoisotopic (exact) mass is 410 g/mol. The summed E-state index contributed by atoms with van der Waals surface area (Å²) < 4.78 is 0. The number of hydrogen-bond acceptors (Lipinski definition) is 4. The quantitative estimate of drug-likeness (QED) is 0.530. The Labute approximate surface area is 164 Å². The van der Waals surface area contributed by atoms with Gasteiger partial charge in [-0.25, -0.2) is 4.79 Å². The molecule has 0 saturated carbocycles. The second-order valence-corrected chi connectivity index (χ2v) is 6.43. The van der Waals surface area contributed by atoms with Gasteiger partial charge in [-0.3, -0.25) is 9.59 Å². The Hall–Kier alpha value is -2.77. The van der Waals surface area contributed by atoms with Crippen LogP contribution < -0.4 is 10.6 Å². The maximum atomic E-state index is 12.2. The van der Waals surface area contributed by atoms with Crippen LogP contribution in [0.3, 0.4) is 0 Å². The molecule has 142 valence electrons. The normalized spacial score (nSPS) is 11.5. The van der Waals surface area contributed by atoms with Crippen LogP contribution in [0.5, 0.6) is 0 Å². The van der Waals surface area contributed by atoms with E-state index in [1.807, 2.05) is 0 Å². The summed E-state index contributed by atoms with van der Waals surface area (Å²) in [5, 5.41) is 23.8. The highest BCUT2D eigenvalue weighted by Crippen LogP contribution is 2.33. The molecule has 0 aliphatic rings. The van der Waals surface area contributed by atoms with E-state index in [0.717, 1.165) is 0 Å². The van der Waals surface area contributed by atoms with E-state index in [1.54, 1.807) is 42.5 Å². The third kappa shape index (κ3) is 5.87. The molecule has 0 bridgehead atoms. The number of anilines is 2. The van der Waals surface area contributed by atoms with Gasteiger partial charge in [0.15, 0.2) is 0 Å². The number of carboxylic acid groups (broad SMARTS) is 2. The Balaban J connectivity index is 2.17. The molecule has 0 aliphatic heterocycles. The van der Waals surface area contributed by atoms with Crippen molar-refractivity contribution in [2.24, 2.45) is 0 Å². The summed E-state index contributed by atoms with van der Waals surface area (Å²) in [6.45, 7) is 0.